The number of carbonyl (C=O) groups excluding carboxylic acids is 1. The lowest BCUT2D eigenvalue weighted by Gasteiger charge is -2.19. The molecule has 0 atom stereocenters. The largest absolute Gasteiger partial charge is 0.458 e. The van der Waals surface area contributed by atoms with Crippen LogP contribution in [0.2, 0.25) is 0 Å². The average Bonchev–Trinajstić information content (AvgIpc) is 2.82. The van der Waals surface area contributed by atoms with Crippen LogP contribution in [0.3, 0.4) is 0 Å². The summed E-state index contributed by atoms with van der Waals surface area (Å²) in [5.41, 5.74) is -0.482. The zero-order valence-electron chi connectivity index (χ0n) is 24.4. The van der Waals surface area contributed by atoms with Crippen LogP contribution in [0.4, 0.5) is 0 Å². The van der Waals surface area contributed by atoms with Crippen LogP contribution in [0.1, 0.15) is 130 Å². The second-order valence-electron chi connectivity index (χ2n) is 10.8. The van der Waals surface area contributed by atoms with Crippen molar-refractivity contribution in [3.05, 3.63) is 0 Å². The van der Waals surface area contributed by atoms with Gasteiger partial charge in [-0.25, -0.2) is 4.79 Å². The van der Waals surface area contributed by atoms with Gasteiger partial charge in [0.1, 0.15) is 12.2 Å². The summed E-state index contributed by atoms with van der Waals surface area (Å²) in [6, 6.07) is 0. The van der Waals surface area contributed by atoms with Gasteiger partial charge in [0.25, 0.3) is 0 Å². The average molecular weight is 517 g/mol. The highest BCUT2D eigenvalue weighted by Crippen LogP contribution is 2.13. The maximum Gasteiger partial charge on any atom is 0.332 e. The monoisotopic (exact) mass is 516 g/mol. The van der Waals surface area contributed by atoms with Gasteiger partial charge < -0.3 is 23.7 Å². The highest BCUT2D eigenvalue weighted by Gasteiger charge is 2.15. The molecular weight excluding hydrogens is 456 g/mol. The Morgan fingerprint density at radius 2 is 0.806 bits per heavy atom. The van der Waals surface area contributed by atoms with Gasteiger partial charge >= 0.3 is 5.97 Å². The number of unbranched alkanes of at least 4 members (excludes halogenated alkanes) is 15. The Bertz CT molecular complexity index is 449. The summed E-state index contributed by atoms with van der Waals surface area (Å²) in [6.07, 6.45) is 22.2. The molecule has 0 aromatic rings. The van der Waals surface area contributed by atoms with Crippen molar-refractivity contribution in [2.24, 2.45) is 0 Å². The molecule has 0 saturated carbocycles. The molecule has 6 nitrogen and oxygen atoms in total. The SMILES string of the molecule is CCCCCCCCCCCCCCCCCCOCCOCCOCCOCC(=O)OC(C)(C)C. The Hall–Kier alpha value is -0.690. The minimum absolute atomic E-state index is 0.0477. The summed E-state index contributed by atoms with van der Waals surface area (Å²) in [4.78, 5) is 11.5. The second-order valence-corrected chi connectivity index (χ2v) is 10.8. The third-order valence-corrected chi connectivity index (χ3v) is 5.90. The lowest BCUT2D eigenvalue weighted by Crippen LogP contribution is -2.27. The number of hydrogen-bond donors (Lipinski definition) is 0. The lowest BCUT2D eigenvalue weighted by molar-refractivity contribution is -0.160. The molecule has 0 spiro atoms. The molecule has 0 aliphatic heterocycles. The Morgan fingerprint density at radius 3 is 1.19 bits per heavy atom. The zero-order chi connectivity index (χ0) is 26.6. The molecule has 0 aromatic heterocycles. The highest BCUT2D eigenvalue weighted by molar-refractivity contribution is 5.71. The number of esters is 1. The van der Waals surface area contributed by atoms with E-state index in [9.17, 15) is 4.79 Å². The fraction of sp³-hybridized carbons (Fsp3) is 0.967. The van der Waals surface area contributed by atoms with E-state index in [0.717, 1.165) is 13.0 Å². The van der Waals surface area contributed by atoms with Gasteiger partial charge in [-0.2, -0.15) is 0 Å². The van der Waals surface area contributed by atoms with Crippen LogP contribution in [0.15, 0.2) is 0 Å². The highest BCUT2D eigenvalue weighted by atomic mass is 16.6. The fourth-order valence-electron chi connectivity index (χ4n) is 3.94. The number of ether oxygens (including phenoxy) is 5. The molecule has 0 rings (SSSR count). The summed E-state index contributed by atoms with van der Waals surface area (Å²) < 4.78 is 27.0. The Labute approximate surface area is 223 Å². The van der Waals surface area contributed by atoms with Crippen molar-refractivity contribution >= 4 is 5.97 Å². The van der Waals surface area contributed by atoms with Crippen molar-refractivity contribution in [2.75, 3.05) is 52.9 Å². The molecule has 36 heavy (non-hydrogen) atoms. The van der Waals surface area contributed by atoms with E-state index in [1.807, 2.05) is 20.8 Å². The molecule has 0 fully saturated rings. The van der Waals surface area contributed by atoms with E-state index in [0.29, 0.717) is 39.6 Å². The quantitative estimate of drug-likeness (QED) is 0.0786. The molecule has 0 N–H and O–H groups in total. The standard InChI is InChI=1S/C30H60O6/c1-5-6-7-8-9-10-11-12-13-14-15-16-17-18-19-20-21-32-22-23-33-24-25-34-26-27-35-28-29(31)36-30(2,3)4/h5-28H2,1-4H3. The maximum absolute atomic E-state index is 11.5. The van der Waals surface area contributed by atoms with Gasteiger partial charge in [-0.15, -0.1) is 0 Å². The molecule has 216 valence electrons. The van der Waals surface area contributed by atoms with Gasteiger partial charge in [-0.1, -0.05) is 103 Å². The molecule has 0 heterocycles. The lowest BCUT2D eigenvalue weighted by atomic mass is 10.0. The van der Waals surface area contributed by atoms with Gasteiger partial charge in [0, 0.05) is 6.61 Å². The van der Waals surface area contributed by atoms with E-state index in [1.54, 1.807) is 0 Å². The molecule has 0 bridgehead atoms. The van der Waals surface area contributed by atoms with E-state index in [4.69, 9.17) is 23.7 Å². The molecule has 0 saturated heterocycles. The molecule has 0 unspecified atom stereocenters. The van der Waals surface area contributed by atoms with Gasteiger partial charge in [0.15, 0.2) is 0 Å². The summed E-state index contributed by atoms with van der Waals surface area (Å²) in [5, 5.41) is 0. The van der Waals surface area contributed by atoms with Crippen LogP contribution >= 0.6 is 0 Å². The minimum Gasteiger partial charge on any atom is -0.458 e. The Balaban J connectivity index is 3.09. The summed E-state index contributed by atoms with van der Waals surface area (Å²) in [5.74, 6) is -0.356. The van der Waals surface area contributed by atoms with Gasteiger partial charge in [0.05, 0.1) is 39.6 Å². The van der Waals surface area contributed by atoms with Crippen molar-refractivity contribution < 1.29 is 28.5 Å². The molecule has 0 amide bonds. The van der Waals surface area contributed by atoms with E-state index in [-0.39, 0.29) is 12.6 Å². The van der Waals surface area contributed by atoms with Crippen LogP contribution in [-0.2, 0) is 28.5 Å². The first kappa shape index (κ1) is 35.3. The number of rotatable bonds is 28. The van der Waals surface area contributed by atoms with Crippen molar-refractivity contribution in [1.82, 2.24) is 0 Å². The summed E-state index contributed by atoms with van der Waals surface area (Å²) >= 11 is 0. The predicted molar refractivity (Wildman–Crippen MR) is 149 cm³/mol. The zero-order valence-corrected chi connectivity index (χ0v) is 24.4. The predicted octanol–water partition coefficient (Wildman–Crippen LogP) is 7.66. The molecule has 0 aromatic carbocycles. The normalized spacial score (nSPS) is 11.8. The van der Waals surface area contributed by atoms with E-state index < -0.39 is 5.60 Å². The first-order chi connectivity index (χ1) is 17.5. The van der Waals surface area contributed by atoms with Crippen LogP contribution in [0.25, 0.3) is 0 Å². The second kappa shape index (κ2) is 27.3. The summed E-state index contributed by atoms with van der Waals surface area (Å²) in [7, 11) is 0. The maximum atomic E-state index is 11.5. The van der Waals surface area contributed by atoms with Crippen LogP contribution in [0, 0.1) is 0 Å². The van der Waals surface area contributed by atoms with Crippen molar-refractivity contribution in [2.45, 2.75) is 136 Å². The molecular formula is C30H60O6. The molecule has 6 heteroatoms. The summed E-state index contributed by atoms with van der Waals surface area (Å²) in [6.45, 7) is 11.6. The van der Waals surface area contributed by atoms with Crippen LogP contribution in [0.5, 0.6) is 0 Å². The number of hydrogen-bond acceptors (Lipinski definition) is 6. The van der Waals surface area contributed by atoms with Gasteiger partial charge in [-0.3, -0.25) is 0 Å². The van der Waals surface area contributed by atoms with Crippen molar-refractivity contribution in [3.8, 4) is 0 Å². The Kier molecular flexibility index (Phi) is 26.8. The third kappa shape index (κ3) is 31.3. The smallest absolute Gasteiger partial charge is 0.332 e. The van der Waals surface area contributed by atoms with E-state index >= 15 is 0 Å². The topological polar surface area (TPSA) is 63.2 Å². The van der Waals surface area contributed by atoms with E-state index in [2.05, 4.69) is 6.92 Å². The Morgan fingerprint density at radius 1 is 0.472 bits per heavy atom. The van der Waals surface area contributed by atoms with Crippen molar-refractivity contribution in [1.29, 1.82) is 0 Å². The van der Waals surface area contributed by atoms with Gasteiger partial charge in [0.2, 0.25) is 0 Å². The van der Waals surface area contributed by atoms with Gasteiger partial charge in [-0.05, 0) is 27.2 Å². The minimum atomic E-state index is -0.482. The van der Waals surface area contributed by atoms with Crippen molar-refractivity contribution in [3.63, 3.8) is 0 Å². The van der Waals surface area contributed by atoms with Crippen LogP contribution < -0.4 is 0 Å². The fourth-order valence-corrected chi connectivity index (χ4v) is 3.94. The first-order valence-corrected chi connectivity index (χ1v) is 15.0. The molecule has 0 radical (unpaired) electrons. The van der Waals surface area contributed by atoms with Crippen LogP contribution in [-0.4, -0.2) is 64.4 Å². The molecule has 0 aliphatic rings. The van der Waals surface area contributed by atoms with E-state index in [1.165, 1.54) is 96.3 Å². The first-order valence-electron chi connectivity index (χ1n) is 15.0. The third-order valence-electron chi connectivity index (χ3n) is 5.90. The molecule has 0 aliphatic carbocycles. The number of carbonyl (C=O) groups is 1.